The van der Waals surface area contributed by atoms with Crippen molar-refractivity contribution < 1.29 is 9.53 Å². The van der Waals surface area contributed by atoms with Crippen LogP contribution in [0.3, 0.4) is 0 Å². The fourth-order valence-electron chi connectivity index (χ4n) is 2.18. The number of nitrogens with one attached hydrogen (secondary N) is 1. The molecule has 0 fully saturated rings. The Morgan fingerprint density at radius 1 is 1.29 bits per heavy atom. The molecule has 1 aromatic carbocycles. The Morgan fingerprint density at radius 2 is 2.00 bits per heavy atom. The van der Waals surface area contributed by atoms with Gasteiger partial charge in [0, 0.05) is 12.1 Å². The summed E-state index contributed by atoms with van der Waals surface area (Å²) in [5.41, 5.74) is 6.84. The average Bonchev–Trinajstić information content (AvgIpc) is 2.50. The first kappa shape index (κ1) is 17.3. The highest BCUT2D eigenvalue weighted by Crippen LogP contribution is 2.21. The summed E-state index contributed by atoms with van der Waals surface area (Å²) >= 11 is 0. The number of nitrogen functional groups attached to an aromatic ring is 1. The van der Waals surface area contributed by atoms with E-state index in [4.69, 9.17) is 10.5 Å². The Balaban J connectivity index is 2.32. The summed E-state index contributed by atoms with van der Waals surface area (Å²) in [5, 5.41) is 2.92. The molecule has 0 aliphatic heterocycles. The molecule has 0 spiro atoms. The van der Waals surface area contributed by atoms with Crippen molar-refractivity contribution in [1.82, 2.24) is 10.2 Å². The summed E-state index contributed by atoms with van der Waals surface area (Å²) < 4.78 is 5.08. The van der Waals surface area contributed by atoms with E-state index in [2.05, 4.69) is 24.1 Å². The molecule has 0 aromatic heterocycles. The molecule has 0 atom stereocenters. The molecule has 5 nitrogen and oxygen atoms in total. The van der Waals surface area contributed by atoms with Crippen molar-refractivity contribution >= 4 is 11.6 Å². The van der Waals surface area contributed by atoms with Crippen molar-refractivity contribution in [3.8, 4) is 5.75 Å². The molecule has 0 radical (unpaired) electrons. The van der Waals surface area contributed by atoms with E-state index in [1.165, 1.54) is 0 Å². The zero-order valence-corrected chi connectivity index (χ0v) is 13.3. The third kappa shape index (κ3) is 5.63. The molecule has 3 N–H and O–H groups in total. The van der Waals surface area contributed by atoms with Crippen LogP contribution in [0, 0.1) is 0 Å². The van der Waals surface area contributed by atoms with Gasteiger partial charge in [-0.05, 0) is 50.7 Å². The molecule has 5 heteroatoms. The number of carbonyl (C=O) groups is 1. The summed E-state index contributed by atoms with van der Waals surface area (Å²) in [7, 11) is 1.56. The summed E-state index contributed by atoms with van der Waals surface area (Å²) in [4.78, 5) is 14.4. The van der Waals surface area contributed by atoms with Crippen molar-refractivity contribution in [1.29, 1.82) is 0 Å². The van der Waals surface area contributed by atoms with Crippen LogP contribution in [0.1, 0.15) is 37.0 Å². The second-order valence-electron chi connectivity index (χ2n) is 4.95. The fraction of sp³-hybridized carbons (Fsp3) is 0.562. The van der Waals surface area contributed by atoms with E-state index in [1.54, 1.807) is 25.3 Å². The van der Waals surface area contributed by atoms with Gasteiger partial charge in [-0.2, -0.15) is 0 Å². The maximum Gasteiger partial charge on any atom is 0.251 e. The monoisotopic (exact) mass is 293 g/mol. The Morgan fingerprint density at radius 3 is 2.57 bits per heavy atom. The average molecular weight is 293 g/mol. The number of unbranched alkanes of at least 4 members (excludes halogenated alkanes) is 1. The number of nitrogens with zero attached hydrogens (tertiary/aromatic N) is 1. The fourth-order valence-corrected chi connectivity index (χ4v) is 2.18. The topological polar surface area (TPSA) is 67.6 Å². The number of ether oxygens (including phenoxy) is 1. The summed E-state index contributed by atoms with van der Waals surface area (Å²) in [6, 6.07) is 5.08. The highest BCUT2D eigenvalue weighted by atomic mass is 16.5. The van der Waals surface area contributed by atoms with Gasteiger partial charge in [0.25, 0.3) is 5.91 Å². The normalized spacial score (nSPS) is 10.7. The standard InChI is InChI=1S/C16H27N3O2/c1-4-19(5-2)11-7-6-10-18-16(20)13-8-9-15(21-3)14(17)12-13/h8-9,12H,4-7,10-11,17H2,1-3H3,(H,18,20). The van der Waals surface area contributed by atoms with Crippen LogP contribution in [0.15, 0.2) is 18.2 Å². The highest BCUT2D eigenvalue weighted by Gasteiger charge is 2.08. The number of methoxy groups -OCH3 is 1. The summed E-state index contributed by atoms with van der Waals surface area (Å²) in [5.74, 6) is 0.498. The van der Waals surface area contributed by atoms with Gasteiger partial charge in [0.1, 0.15) is 5.75 Å². The van der Waals surface area contributed by atoms with Crippen LogP contribution in [0.5, 0.6) is 5.75 Å². The first-order chi connectivity index (χ1) is 10.1. The van der Waals surface area contributed by atoms with Crippen molar-refractivity contribution in [3.05, 3.63) is 23.8 Å². The number of hydrogen-bond donors (Lipinski definition) is 2. The van der Waals surface area contributed by atoms with E-state index in [0.717, 1.165) is 32.5 Å². The lowest BCUT2D eigenvalue weighted by atomic mass is 10.1. The van der Waals surface area contributed by atoms with Crippen molar-refractivity contribution in [2.75, 3.05) is 39.0 Å². The smallest absolute Gasteiger partial charge is 0.251 e. The molecule has 0 bridgehead atoms. The first-order valence-corrected chi connectivity index (χ1v) is 7.56. The molecule has 1 amide bonds. The number of anilines is 1. The lowest BCUT2D eigenvalue weighted by molar-refractivity contribution is 0.0952. The maximum absolute atomic E-state index is 12.0. The molecule has 21 heavy (non-hydrogen) atoms. The van der Waals surface area contributed by atoms with Gasteiger partial charge in [-0.3, -0.25) is 4.79 Å². The Hall–Kier alpha value is -1.75. The zero-order valence-electron chi connectivity index (χ0n) is 13.3. The minimum Gasteiger partial charge on any atom is -0.495 e. The summed E-state index contributed by atoms with van der Waals surface area (Å²) in [6.45, 7) is 8.26. The zero-order chi connectivity index (χ0) is 15.7. The molecule has 0 saturated heterocycles. The van der Waals surface area contributed by atoms with Crippen molar-refractivity contribution in [2.45, 2.75) is 26.7 Å². The first-order valence-electron chi connectivity index (χ1n) is 7.56. The third-order valence-electron chi connectivity index (χ3n) is 3.57. The quantitative estimate of drug-likeness (QED) is 0.540. The van der Waals surface area contributed by atoms with Crippen molar-refractivity contribution in [2.24, 2.45) is 0 Å². The summed E-state index contributed by atoms with van der Waals surface area (Å²) in [6.07, 6.45) is 2.07. The van der Waals surface area contributed by atoms with E-state index < -0.39 is 0 Å². The molecule has 1 aromatic rings. The number of rotatable bonds is 9. The number of amides is 1. The van der Waals surface area contributed by atoms with E-state index in [1.807, 2.05) is 0 Å². The van der Waals surface area contributed by atoms with Gasteiger partial charge in [-0.25, -0.2) is 0 Å². The van der Waals surface area contributed by atoms with Gasteiger partial charge in [0.05, 0.1) is 12.8 Å². The van der Waals surface area contributed by atoms with Gasteiger partial charge in [-0.15, -0.1) is 0 Å². The highest BCUT2D eigenvalue weighted by molar-refractivity contribution is 5.95. The second kappa shape index (κ2) is 9.23. The molecular weight excluding hydrogens is 266 g/mol. The predicted octanol–water partition coefficient (Wildman–Crippen LogP) is 2.13. The van der Waals surface area contributed by atoms with Crippen LogP contribution in [-0.4, -0.2) is 44.1 Å². The molecule has 0 aliphatic rings. The van der Waals surface area contributed by atoms with E-state index in [9.17, 15) is 4.79 Å². The Kier molecular flexibility index (Phi) is 7.61. The maximum atomic E-state index is 12.0. The third-order valence-corrected chi connectivity index (χ3v) is 3.57. The molecular formula is C16H27N3O2. The number of hydrogen-bond acceptors (Lipinski definition) is 4. The van der Waals surface area contributed by atoms with Crippen molar-refractivity contribution in [3.63, 3.8) is 0 Å². The van der Waals surface area contributed by atoms with Gasteiger partial charge in [-0.1, -0.05) is 13.8 Å². The van der Waals surface area contributed by atoms with Crippen LogP contribution in [0.25, 0.3) is 0 Å². The lowest BCUT2D eigenvalue weighted by Gasteiger charge is -2.17. The van der Waals surface area contributed by atoms with E-state index >= 15 is 0 Å². The molecule has 0 unspecified atom stereocenters. The molecule has 118 valence electrons. The van der Waals surface area contributed by atoms with Crippen LogP contribution < -0.4 is 15.8 Å². The van der Waals surface area contributed by atoms with Crippen LogP contribution in [0.4, 0.5) is 5.69 Å². The second-order valence-corrected chi connectivity index (χ2v) is 4.95. The van der Waals surface area contributed by atoms with Crippen LogP contribution in [-0.2, 0) is 0 Å². The Labute approximate surface area is 127 Å². The lowest BCUT2D eigenvalue weighted by Crippen LogP contribution is -2.27. The minimum atomic E-state index is -0.0906. The van der Waals surface area contributed by atoms with Gasteiger partial charge in [0.15, 0.2) is 0 Å². The predicted molar refractivity (Wildman–Crippen MR) is 86.8 cm³/mol. The molecule has 0 heterocycles. The molecule has 0 aliphatic carbocycles. The van der Waals surface area contributed by atoms with Crippen LogP contribution in [0.2, 0.25) is 0 Å². The van der Waals surface area contributed by atoms with Crippen LogP contribution >= 0.6 is 0 Å². The van der Waals surface area contributed by atoms with Gasteiger partial charge >= 0.3 is 0 Å². The van der Waals surface area contributed by atoms with Gasteiger partial charge in [0.2, 0.25) is 0 Å². The van der Waals surface area contributed by atoms with E-state index in [0.29, 0.717) is 23.5 Å². The van der Waals surface area contributed by atoms with Gasteiger partial charge < -0.3 is 20.7 Å². The number of carbonyl (C=O) groups excluding carboxylic acids is 1. The largest absolute Gasteiger partial charge is 0.495 e. The minimum absolute atomic E-state index is 0.0906. The molecule has 0 saturated carbocycles. The molecule has 1 rings (SSSR count). The number of benzene rings is 1. The number of nitrogens with two attached hydrogens (primary N) is 1. The Bertz CT molecular complexity index is 445. The SMILES string of the molecule is CCN(CC)CCCCNC(=O)c1ccc(OC)c(N)c1. The van der Waals surface area contributed by atoms with E-state index in [-0.39, 0.29) is 5.91 Å².